The minimum atomic E-state index is -3.70. The average Bonchev–Trinajstić information content (AvgIpc) is 3.45. The molecule has 0 atom stereocenters. The van der Waals surface area contributed by atoms with Gasteiger partial charge in [-0.2, -0.15) is 0 Å². The van der Waals surface area contributed by atoms with Gasteiger partial charge in [0.1, 0.15) is 5.82 Å². The number of sulfonamides is 1. The summed E-state index contributed by atoms with van der Waals surface area (Å²) in [4.78, 5) is 23.9. The van der Waals surface area contributed by atoms with Crippen LogP contribution in [0, 0.1) is 5.82 Å². The molecule has 27 heavy (non-hydrogen) atoms. The van der Waals surface area contributed by atoms with Crippen molar-refractivity contribution >= 4 is 27.6 Å². The smallest absolute Gasteiger partial charge is 0.338 e. The van der Waals surface area contributed by atoms with Crippen molar-refractivity contribution in [3.63, 3.8) is 0 Å². The van der Waals surface area contributed by atoms with Crippen LogP contribution in [-0.4, -0.2) is 32.9 Å². The van der Waals surface area contributed by atoms with Crippen LogP contribution in [0.4, 0.5) is 10.1 Å². The second-order valence-corrected chi connectivity index (χ2v) is 7.77. The fourth-order valence-corrected chi connectivity index (χ4v) is 3.57. The number of ether oxygens (including phenoxy) is 1. The summed E-state index contributed by atoms with van der Waals surface area (Å²) in [5, 5.41) is 2.45. The molecule has 0 aliphatic heterocycles. The third-order valence-corrected chi connectivity index (χ3v) is 5.26. The van der Waals surface area contributed by atoms with Crippen LogP contribution < -0.4 is 10.0 Å². The van der Waals surface area contributed by atoms with Gasteiger partial charge in [-0.15, -0.1) is 0 Å². The highest BCUT2D eigenvalue weighted by Gasteiger charge is 2.28. The molecule has 7 nitrogen and oxygen atoms in total. The largest absolute Gasteiger partial charge is 0.452 e. The maximum absolute atomic E-state index is 12.8. The number of hydrogen-bond donors (Lipinski definition) is 2. The molecule has 1 saturated carbocycles. The lowest BCUT2D eigenvalue weighted by atomic mass is 10.2. The number of anilines is 1. The highest BCUT2D eigenvalue weighted by atomic mass is 32.2. The molecule has 3 rings (SSSR count). The zero-order chi connectivity index (χ0) is 19.4. The number of halogens is 1. The first-order valence-corrected chi connectivity index (χ1v) is 9.67. The van der Waals surface area contributed by atoms with Gasteiger partial charge in [0.25, 0.3) is 5.91 Å². The average molecular weight is 392 g/mol. The van der Waals surface area contributed by atoms with Gasteiger partial charge in [0, 0.05) is 11.7 Å². The van der Waals surface area contributed by atoms with Crippen molar-refractivity contribution in [1.29, 1.82) is 0 Å². The molecule has 1 fully saturated rings. The van der Waals surface area contributed by atoms with Gasteiger partial charge in [0.15, 0.2) is 6.61 Å². The first-order chi connectivity index (χ1) is 12.8. The van der Waals surface area contributed by atoms with Crippen LogP contribution in [0.2, 0.25) is 0 Å². The lowest BCUT2D eigenvalue weighted by molar-refractivity contribution is -0.119. The first kappa shape index (κ1) is 19.0. The summed E-state index contributed by atoms with van der Waals surface area (Å²) in [6.07, 6.45) is 1.59. The number of nitrogens with one attached hydrogen (secondary N) is 2. The molecule has 1 aliphatic rings. The van der Waals surface area contributed by atoms with Gasteiger partial charge in [-0.3, -0.25) is 4.79 Å². The Kier molecular flexibility index (Phi) is 5.52. The molecule has 1 amide bonds. The highest BCUT2D eigenvalue weighted by molar-refractivity contribution is 7.89. The molecule has 9 heteroatoms. The number of rotatable bonds is 7. The number of benzene rings is 2. The summed E-state index contributed by atoms with van der Waals surface area (Å²) in [7, 11) is -3.70. The van der Waals surface area contributed by atoms with Gasteiger partial charge in [-0.05, 0) is 55.3 Å². The van der Waals surface area contributed by atoms with Crippen molar-refractivity contribution in [2.24, 2.45) is 0 Å². The molecule has 142 valence electrons. The van der Waals surface area contributed by atoms with Crippen LogP contribution in [0.25, 0.3) is 0 Å². The molecule has 0 aromatic heterocycles. The minimum Gasteiger partial charge on any atom is -0.452 e. The molecule has 2 aromatic carbocycles. The summed E-state index contributed by atoms with van der Waals surface area (Å²) in [6.45, 7) is -0.562. The van der Waals surface area contributed by atoms with Gasteiger partial charge < -0.3 is 10.1 Å². The maximum Gasteiger partial charge on any atom is 0.338 e. The highest BCUT2D eigenvalue weighted by Crippen LogP contribution is 2.22. The molecule has 0 unspecified atom stereocenters. The fourth-order valence-electron chi connectivity index (χ4n) is 2.22. The molecule has 0 radical (unpaired) electrons. The van der Waals surface area contributed by atoms with E-state index in [0.29, 0.717) is 5.69 Å². The Labute approximate surface area is 155 Å². The van der Waals surface area contributed by atoms with Crippen LogP contribution >= 0.6 is 0 Å². The maximum atomic E-state index is 12.8. The lowest BCUT2D eigenvalue weighted by Gasteiger charge is -2.09. The van der Waals surface area contributed by atoms with E-state index in [-0.39, 0.29) is 16.5 Å². The Morgan fingerprint density at radius 2 is 1.81 bits per heavy atom. The lowest BCUT2D eigenvalue weighted by Crippen LogP contribution is -2.26. The van der Waals surface area contributed by atoms with Gasteiger partial charge in [0.2, 0.25) is 10.0 Å². The molecule has 2 N–H and O–H groups in total. The Balaban J connectivity index is 1.58. The van der Waals surface area contributed by atoms with E-state index < -0.39 is 34.3 Å². The molecule has 1 aliphatic carbocycles. The van der Waals surface area contributed by atoms with Crippen molar-refractivity contribution in [3.8, 4) is 0 Å². The van der Waals surface area contributed by atoms with E-state index in [4.69, 9.17) is 4.74 Å². The van der Waals surface area contributed by atoms with Crippen LogP contribution in [0.15, 0.2) is 53.4 Å². The molecular weight excluding hydrogens is 375 g/mol. The molecule has 0 heterocycles. The Morgan fingerprint density at radius 3 is 2.48 bits per heavy atom. The molecule has 0 spiro atoms. The first-order valence-electron chi connectivity index (χ1n) is 8.18. The van der Waals surface area contributed by atoms with Crippen LogP contribution in [-0.2, 0) is 19.6 Å². The van der Waals surface area contributed by atoms with Crippen LogP contribution in [0.1, 0.15) is 23.2 Å². The van der Waals surface area contributed by atoms with Crippen molar-refractivity contribution in [3.05, 3.63) is 59.9 Å². The normalized spacial score (nSPS) is 13.8. The van der Waals surface area contributed by atoms with Crippen molar-refractivity contribution < 1.29 is 27.1 Å². The number of carbonyl (C=O) groups is 2. The van der Waals surface area contributed by atoms with E-state index in [1.54, 1.807) is 0 Å². The summed E-state index contributed by atoms with van der Waals surface area (Å²) in [6, 6.07) is 10.5. The fraction of sp³-hybridized carbons (Fsp3) is 0.222. The van der Waals surface area contributed by atoms with E-state index >= 15 is 0 Å². The summed E-state index contributed by atoms with van der Waals surface area (Å²) in [5.74, 6) is -1.87. The second-order valence-electron chi connectivity index (χ2n) is 6.05. The van der Waals surface area contributed by atoms with Gasteiger partial charge >= 0.3 is 5.97 Å². The van der Waals surface area contributed by atoms with Crippen molar-refractivity contribution in [2.75, 3.05) is 11.9 Å². The molecule has 0 bridgehead atoms. The SMILES string of the molecule is O=C(COC(=O)c1cccc(S(=O)(=O)NC2CC2)c1)Nc1ccc(F)cc1. The quantitative estimate of drug-likeness (QED) is 0.703. The summed E-state index contributed by atoms with van der Waals surface area (Å²) in [5.41, 5.74) is 0.375. The van der Waals surface area contributed by atoms with Gasteiger partial charge in [-0.1, -0.05) is 6.07 Å². The van der Waals surface area contributed by atoms with Crippen LogP contribution in [0.5, 0.6) is 0 Å². The number of esters is 1. The van der Waals surface area contributed by atoms with E-state index in [9.17, 15) is 22.4 Å². The predicted molar refractivity (Wildman–Crippen MR) is 95.1 cm³/mol. The van der Waals surface area contributed by atoms with E-state index in [0.717, 1.165) is 12.8 Å². The van der Waals surface area contributed by atoms with Crippen molar-refractivity contribution in [2.45, 2.75) is 23.8 Å². The van der Waals surface area contributed by atoms with E-state index in [1.807, 2.05) is 0 Å². The zero-order valence-corrected chi connectivity index (χ0v) is 15.0. The topological polar surface area (TPSA) is 102 Å². The predicted octanol–water partition coefficient (Wildman–Crippen LogP) is 2.06. The van der Waals surface area contributed by atoms with Crippen LogP contribution in [0.3, 0.4) is 0 Å². The van der Waals surface area contributed by atoms with Gasteiger partial charge in [-0.25, -0.2) is 22.3 Å². The molecule has 2 aromatic rings. The Bertz CT molecular complexity index is 956. The standard InChI is InChI=1S/C18H17FN2O5S/c19-13-4-6-14(7-5-13)20-17(22)11-26-18(23)12-2-1-3-16(10-12)27(24,25)21-15-8-9-15/h1-7,10,15,21H,8-9,11H2,(H,20,22). The molecule has 0 saturated heterocycles. The van der Waals surface area contributed by atoms with E-state index in [2.05, 4.69) is 10.0 Å². The second kappa shape index (κ2) is 7.85. The minimum absolute atomic E-state index is 0.0169. The number of carbonyl (C=O) groups excluding carboxylic acids is 2. The zero-order valence-electron chi connectivity index (χ0n) is 14.1. The van der Waals surface area contributed by atoms with Crippen molar-refractivity contribution in [1.82, 2.24) is 4.72 Å². The third-order valence-electron chi connectivity index (χ3n) is 3.74. The monoisotopic (exact) mass is 392 g/mol. The Morgan fingerprint density at radius 1 is 1.11 bits per heavy atom. The number of amides is 1. The summed E-state index contributed by atoms with van der Waals surface area (Å²) < 4.78 is 44.6. The Hall–Kier alpha value is -2.78. The molecular formula is C18H17FN2O5S. The van der Waals surface area contributed by atoms with Gasteiger partial charge in [0.05, 0.1) is 10.5 Å². The number of hydrogen-bond acceptors (Lipinski definition) is 5. The van der Waals surface area contributed by atoms with E-state index in [1.165, 1.54) is 48.5 Å². The third kappa shape index (κ3) is 5.35. The summed E-state index contributed by atoms with van der Waals surface area (Å²) >= 11 is 0.